The van der Waals surface area contributed by atoms with Crippen molar-refractivity contribution in [2.45, 2.75) is 33.1 Å². The SMILES string of the molecule is CCNCC(C)(Cc1ccn(C)n1)C1CC1. The van der Waals surface area contributed by atoms with Crippen LogP contribution in [-0.2, 0) is 13.5 Å². The zero-order valence-electron chi connectivity index (χ0n) is 10.7. The fourth-order valence-electron chi connectivity index (χ4n) is 2.51. The van der Waals surface area contributed by atoms with Gasteiger partial charge in [-0.1, -0.05) is 13.8 Å². The monoisotopic (exact) mass is 221 g/mol. The average molecular weight is 221 g/mol. The van der Waals surface area contributed by atoms with Gasteiger partial charge in [0.05, 0.1) is 5.69 Å². The topological polar surface area (TPSA) is 29.9 Å². The van der Waals surface area contributed by atoms with Crippen LogP contribution >= 0.6 is 0 Å². The summed E-state index contributed by atoms with van der Waals surface area (Å²) >= 11 is 0. The van der Waals surface area contributed by atoms with Gasteiger partial charge in [0.2, 0.25) is 0 Å². The number of hydrogen-bond acceptors (Lipinski definition) is 2. The highest BCUT2D eigenvalue weighted by atomic mass is 15.2. The third kappa shape index (κ3) is 2.64. The summed E-state index contributed by atoms with van der Waals surface area (Å²) in [5.74, 6) is 0.897. The molecule has 90 valence electrons. The van der Waals surface area contributed by atoms with Crippen LogP contribution in [0.15, 0.2) is 12.3 Å². The number of rotatable bonds is 6. The van der Waals surface area contributed by atoms with Crippen molar-refractivity contribution < 1.29 is 0 Å². The van der Waals surface area contributed by atoms with Crippen LogP contribution in [0.25, 0.3) is 0 Å². The minimum atomic E-state index is 0.393. The Kier molecular flexibility index (Phi) is 3.33. The van der Waals surface area contributed by atoms with E-state index in [2.05, 4.69) is 30.3 Å². The predicted molar refractivity (Wildman–Crippen MR) is 66.3 cm³/mol. The second kappa shape index (κ2) is 4.58. The minimum absolute atomic E-state index is 0.393. The molecule has 0 saturated heterocycles. The fourth-order valence-corrected chi connectivity index (χ4v) is 2.51. The summed E-state index contributed by atoms with van der Waals surface area (Å²) < 4.78 is 1.90. The predicted octanol–water partition coefficient (Wildman–Crippen LogP) is 1.99. The lowest BCUT2D eigenvalue weighted by Crippen LogP contribution is -2.35. The van der Waals surface area contributed by atoms with Crippen molar-refractivity contribution in [3.05, 3.63) is 18.0 Å². The van der Waals surface area contributed by atoms with E-state index in [1.807, 2.05) is 17.9 Å². The number of hydrogen-bond donors (Lipinski definition) is 1. The molecule has 0 spiro atoms. The summed E-state index contributed by atoms with van der Waals surface area (Å²) in [7, 11) is 1.99. The lowest BCUT2D eigenvalue weighted by Gasteiger charge is -2.29. The summed E-state index contributed by atoms with van der Waals surface area (Å²) in [6.07, 6.45) is 5.94. The quantitative estimate of drug-likeness (QED) is 0.796. The molecule has 0 radical (unpaired) electrons. The molecule has 16 heavy (non-hydrogen) atoms. The van der Waals surface area contributed by atoms with Gasteiger partial charge >= 0.3 is 0 Å². The van der Waals surface area contributed by atoms with Crippen molar-refractivity contribution >= 4 is 0 Å². The first-order valence-corrected chi connectivity index (χ1v) is 6.33. The molecule has 3 heteroatoms. The van der Waals surface area contributed by atoms with Gasteiger partial charge < -0.3 is 5.32 Å². The first kappa shape index (κ1) is 11.6. The van der Waals surface area contributed by atoms with Gasteiger partial charge in [-0.15, -0.1) is 0 Å². The molecule has 1 N–H and O–H groups in total. The van der Waals surface area contributed by atoms with E-state index in [9.17, 15) is 0 Å². The Morgan fingerprint density at radius 1 is 1.56 bits per heavy atom. The maximum atomic E-state index is 4.50. The normalized spacial score (nSPS) is 19.7. The lowest BCUT2D eigenvalue weighted by molar-refractivity contribution is 0.255. The van der Waals surface area contributed by atoms with E-state index in [1.54, 1.807) is 0 Å². The smallest absolute Gasteiger partial charge is 0.0630 e. The van der Waals surface area contributed by atoms with E-state index in [4.69, 9.17) is 0 Å². The number of nitrogens with one attached hydrogen (secondary N) is 1. The fraction of sp³-hybridized carbons (Fsp3) is 0.769. The van der Waals surface area contributed by atoms with E-state index < -0.39 is 0 Å². The van der Waals surface area contributed by atoms with E-state index in [0.717, 1.165) is 25.4 Å². The van der Waals surface area contributed by atoms with E-state index in [1.165, 1.54) is 18.5 Å². The zero-order chi connectivity index (χ0) is 11.6. The minimum Gasteiger partial charge on any atom is -0.316 e. The third-order valence-corrected chi connectivity index (χ3v) is 3.70. The van der Waals surface area contributed by atoms with E-state index in [-0.39, 0.29) is 0 Å². The molecule has 2 rings (SSSR count). The molecule has 0 amide bonds. The molecule has 1 saturated carbocycles. The third-order valence-electron chi connectivity index (χ3n) is 3.70. The molecule has 1 aliphatic rings. The molecule has 1 unspecified atom stereocenters. The van der Waals surface area contributed by atoms with Crippen molar-refractivity contribution in [3.63, 3.8) is 0 Å². The largest absolute Gasteiger partial charge is 0.316 e. The van der Waals surface area contributed by atoms with Crippen LogP contribution in [0.4, 0.5) is 0 Å². The Bertz CT molecular complexity index is 341. The van der Waals surface area contributed by atoms with Gasteiger partial charge in [0, 0.05) is 19.8 Å². The molecular weight excluding hydrogens is 198 g/mol. The highest BCUT2D eigenvalue weighted by Gasteiger charge is 2.41. The summed E-state index contributed by atoms with van der Waals surface area (Å²) in [5, 5.41) is 8.01. The molecule has 3 nitrogen and oxygen atoms in total. The van der Waals surface area contributed by atoms with Gasteiger partial charge in [0.1, 0.15) is 0 Å². The van der Waals surface area contributed by atoms with Crippen LogP contribution in [0.3, 0.4) is 0 Å². The molecular formula is C13H23N3. The van der Waals surface area contributed by atoms with Crippen LogP contribution in [0.5, 0.6) is 0 Å². The van der Waals surface area contributed by atoms with Gasteiger partial charge in [-0.2, -0.15) is 5.10 Å². The summed E-state index contributed by atoms with van der Waals surface area (Å²) in [6.45, 7) is 6.76. The summed E-state index contributed by atoms with van der Waals surface area (Å²) in [4.78, 5) is 0. The Morgan fingerprint density at radius 2 is 2.31 bits per heavy atom. The van der Waals surface area contributed by atoms with Gasteiger partial charge in [0.25, 0.3) is 0 Å². The van der Waals surface area contributed by atoms with Crippen LogP contribution in [-0.4, -0.2) is 22.9 Å². The Balaban J connectivity index is 2.01. The van der Waals surface area contributed by atoms with Crippen LogP contribution in [0.1, 0.15) is 32.4 Å². The van der Waals surface area contributed by atoms with Crippen molar-refractivity contribution in [2.24, 2.45) is 18.4 Å². The molecule has 0 aromatic carbocycles. The van der Waals surface area contributed by atoms with Gasteiger partial charge in [-0.05, 0) is 43.2 Å². The van der Waals surface area contributed by atoms with Gasteiger partial charge in [-0.25, -0.2) is 0 Å². The second-order valence-electron chi connectivity index (χ2n) is 5.37. The lowest BCUT2D eigenvalue weighted by atomic mass is 9.80. The molecule has 1 aromatic rings. The Morgan fingerprint density at radius 3 is 2.81 bits per heavy atom. The summed E-state index contributed by atoms with van der Waals surface area (Å²) in [6, 6.07) is 2.15. The molecule has 1 aliphatic carbocycles. The summed E-state index contributed by atoms with van der Waals surface area (Å²) in [5.41, 5.74) is 1.62. The van der Waals surface area contributed by atoms with Crippen molar-refractivity contribution in [2.75, 3.05) is 13.1 Å². The number of aromatic nitrogens is 2. The van der Waals surface area contributed by atoms with Gasteiger partial charge in [0.15, 0.2) is 0 Å². The molecule has 0 aliphatic heterocycles. The molecule has 1 heterocycles. The van der Waals surface area contributed by atoms with Crippen molar-refractivity contribution in [1.82, 2.24) is 15.1 Å². The van der Waals surface area contributed by atoms with Gasteiger partial charge in [-0.3, -0.25) is 4.68 Å². The maximum Gasteiger partial charge on any atom is 0.0630 e. The Labute approximate surface area is 98.2 Å². The van der Waals surface area contributed by atoms with Crippen molar-refractivity contribution in [1.29, 1.82) is 0 Å². The number of aryl methyl sites for hydroxylation is 1. The highest BCUT2D eigenvalue weighted by Crippen LogP contribution is 2.46. The average Bonchev–Trinajstić information content (AvgIpc) is 3.02. The van der Waals surface area contributed by atoms with Crippen LogP contribution in [0, 0.1) is 11.3 Å². The molecule has 0 bridgehead atoms. The first-order chi connectivity index (χ1) is 7.64. The van der Waals surface area contributed by atoms with E-state index >= 15 is 0 Å². The molecule has 1 aromatic heterocycles. The van der Waals surface area contributed by atoms with Crippen LogP contribution < -0.4 is 5.32 Å². The highest BCUT2D eigenvalue weighted by molar-refractivity contribution is 5.06. The molecule has 1 fully saturated rings. The maximum absolute atomic E-state index is 4.50. The zero-order valence-corrected chi connectivity index (χ0v) is 10.7. The number of nitrogens with zero attached hydrogens (tertiary/aromatic N) is 2. The van der Waals surface area contributed by atoms with Crippen molar-refractivity contribution in [3.8, 4) is 0 Å². The Hall–Kier alpha value is -0.830. The standard InChI is InChI=1S/C13H23N3/c1-4-14-10-13(2,11-5-6-11)9-12-7-8-16(3)15-12/h7-8,11,14H,4-6,9-10H2,1-3H3. The molecule has 1 atom stereocenters. The van der Waals surface area contributed by atoms with E-state index in [0.29, 0.717) is 5.41 Å². The first-order valence-electron chi connectivity index (χ1n) is 6.33. The second-order valence-corrected chi connectivity index (χ2v) is 5.37. The van der Waals surface area contributed by atoms with Crippen LogP contribution in [0.2, 0.25) is 0 Å².